The summed E-state index contributed by atoms with van der Waals surface area (Å²) < 4.78 is 6.07. The molecule has 172 valence electrons. The van der Waals surface area contributed by atoms with E-state index in [0.29, 0.717) is 12.8 Å². The molecule has 0 heterocycles. The number of ether oxygens (including phenoxy) is 1. The molecule has 30 heavy (non-hydrogen) atoms. The second-order valence-electron chi connectivity index (χ2n) is 12.1. The number of fused-ring (bicyclic) bond motifs is 2. The summed E-state index contributed by atoms with van der Waals surface area (Å²) in [5, 5.41) is 45.5. The molecule has 4 N–H and O–H groups in total. The molecule has 10 atom stereocenters. The van der Waals surface area contributed by atoms with Gasteiger partial charge in [0.05, 0.1) is 23.7 Å². The van der Waals surface area contributed by atoms with Gasteiger partial charge in [-0.1, -0.05) is 34.6 Å². The molecule has 6 nitrogen and oxygen atoms in total. The Morgan fingerprint density at radius 2 is 1.60 bits per heavy atom. The fourth-order valence-corrected chi connectivity index (χ4v) is 8.21. The van der Waals surface area contributed by atoms with E-state index in [1.54, 1.807) is 0 Å². The van der Waals surface area contributed by atoms with Gasteiger partial charge in [0.25, 0.3) is 0 Å². The Kier molecular flexibility index (Phi) is 4.99. The third-order valence-corrected chi connectivity index (χ3v) is 9.92. The fraction of sp³-hybridized carbons (Fsp3) is 0.958. The largest absolute Gasteiger partial charge is 0.461 e. The minimum absolute atomic E-state index is 0.0266. The Hall–Kier alpha value is -0.690. The lowest BCUT2D eigenvalue weighted by Gasteiger charge is -2.48. The maximum absolute atomic E-state index is 12.6. The minimum atomic E-state index is -1.42. The van der Waals surface area contributed by atoms with Crippen molar-refractivity contribution >= 4 is 5.97 Å². The van der Waals surface area contributed by atoms with Gasteiger partial charge < -0.3 is 25.2 Å². The molecule has 0 unspecified atom stereocenters. The first-order chi connectivity index (χ1) is 13.7. The molecule has 4 rings (SSSR count). The molecule has 6 heteroatoms. The third-order valence-electron chi connectivity index (χ3n) is 9.92. The number of aliphatic hydroxyl groups excluding tert-OH is 2. The van der Waals surface area contributed by atoms with E-state index in [2.05, 4.69) is 6.92 Å². The van der Waals surface area contributed by atoms with Gasteiger partial charge in [-0.05, 0) is 56.8 Å². The van der Waals surface area contributed by atoms with Gasteiger partial charge in [0.1, 0.15) is 11.7 Å². The Labute approximate surface area is 180 Å². The SMILES string of the molecule is CC(C)C(=O)O[C@@H]1[C@H]2CC[C@H]3[C@H](C)[C@@H]4C[C@H](O)C(C)(C)[C@@]4(O)[C@H](O)C[C@@]13C[C@@]2(C)O. The van der Waals surface area contributed by atoms with Crippen molar-refractivity contribution in [2.24, 2.45) is 40.4 Å². The van der Waals surface area contributed by atoms with Gasteiger partial charge in [0.15, 0.2) is 0 Å². The molecule has 4 saturated carbocycles. The number of hydrogen-bond acceptors (Lipinski definition) is 6. The van der Waals surface area contributed by atoms with Crippen LogP contribution >= 0.6 is 0 Å². The van der Waals surface area contributed by atoms with Crippen LogP contribution in [0.3, 0.4) is 0 Å². The van der Waals surface area contributed by atoms with Crippen LogP contribution in [0.4, 0.5) is 0 Å². The highest BCUT2D eigenvalue weighted by Gasteiger charge is 2.73. The van der Waals surface area contributed by atoms with Crippen LogP contribution in [-0.2, 0) is 9.53 Å². The lowest BCUT2D eigenvalue weighted by Crippen LogP contribution is -2.57. The van der Waals surface area contributed by atoms with Crippen molar-refractivity contribution in [3.8, 4) is 0 Å². The van der Waals surface area contributed by atoms with E-state index in [4.69, 9.17) is 4.74 Å². The van der Waals surface area contributed by atoms with Gasteiger partial charge in [-0.15, -0.1) is 0 Å². The van der Waals surface area contributed by atoms with Crippen LogP contribution in [0.1, 0.15) is 73.6 Å². The summed E-state index contributed by atoms with van der Waals surface area (Å²) in [6.07, 6.45) is 0.595. The molecule has 0 saturated heterocycles. The zero-order valence-electron chi connectivity index (χ0n) is 19.3. The molecule has 0 aromatic heterocycles. The predicted molar refractivity (Wildman–Crippen MR) is 111 cm³/mol. The molecule has 1 spiro atoms. The third kappa shape index (κ3) is 2.66. The van der Waals surface area contributed by atoms with Crippen LogP contribution < -0.4 is 0 Å². The van der Waals surface area contributed by atoms with Crippen molar-refractivity contribution in [1.82, 2.24) is 0 Å². The summed E-state index contributed by atoms with van der Waals surface area (Å²) in [4.78, 5) is 12.6. The topological polar surface area (TPSA) is 107 Å². The number of esters is 1. The first kappa shape index (κ1) is 22.5. The van der Waals surface area contributed by atoms with E-state index in [0.717, 1.165) is 12.8 Å². The van der Waals surface area contributed by atoms with Crippen LogP contribution in [0, 0.1) is 40.4 Å². The smallest absolute Gasteiger partial charge is 0.308 e. The quantitative estimate of drug-likeness (QED) is 0.507. The van der Waals surface area contributed by atoms with Gasteiger partial charge in [0.2, 0.25) is 0 Å². The molecule has 0 aromatic rings. The predicted octanol–water partition coefficient (Wildman–Crippen LogP) is 2.26. The standard InChI is InChI=1S/C24H40O6/c1-12(2)20(27)30-19-15-8-7-14-13(3)16-9-17(25)21(4,5)24(16,29)18(26)10-23(14,19)11-22(15,6)28/h12-19,25-26,28-29H,7-11H2,1-6H3/t13-,14-,15+,16-,17-,18+,19+,22+,23-,24-/m0/s1. The van der Waals surface area contributed by atoms with Gasteiger partial charge in [-0.2, -0.15) is 0 Å². The summed E-state index contributed by atoms with van der Waals surface area (Å²) in [5.74, 6) is -0.825. The van der Waals surface area contributed by atoms with E-state index in [9.17, 15) is 25.2 Å². The number of rotatable bonds is 2. The summed E-state index contributed by atoms with van der Waals surface area (Å²) in [6, 6.07) is 0. The van der Waals surface area contributed by atoms with Crippen LogP contribution in [0.5, 0.6) is 0 Å². The summed E-state index contributed by atoms with van der Waals surface area (Å²) in [5.41, 5.74) is -3.82. The Morgan fingerprint density at radius 3 is 2.20 bits per heavy atom. The molecule has 4 aliphatic carbocycles. The van der Waals surface area contributed by atoms with Gasteiger partial charge in [0, 0.05) is 16.7 Å². The highest BCUT2D eigenvalue weighted by Crippen LogP contribution is 2.69. The van der Waals surface area contributed by atoms with Gasteiger partial charge in [-0.25, -0.2) is 0 Å². The number of carbonyl (C=O) groups is 1. The summed E-state index contributed by atoms with van der Waals surface area (Å²) >= 11 is 0. The molecule has 0 aliphatic heterocycles. The monoisotopic (exact) mass is 424 g/mol. The number of carbonyl (C=O) groups excluding carboxylic acids is 1. The molecule has 4 aliphatic rings. The Balaban J connectivity index is 1.82. The van der Waals surface area contributed by atoms with Crippen molar-refractivity contribution < 1.29 is 30.0 Å². The van der Waals surface area contributed by atoms with Crippen molar-refractivity contribution in [2.45, 2.75) is 103 Å². The first-order valence-corrected chi connectivity index (χ1v) is 11.7. The fourth-order valence-electron chi connectivity index (χ4n) is 8.21. The van der Waals surface area contributed by atoms with Crippen molar-refractivity contribution in [2.75, 3.05) is 0 Å². The van der Waals surface area contributed by atoms with E-state index < -0.39 is 40.3 Å². The molecular formula is C24H40O6. The van der Waals surface area contributed by atoms with Gasteiger partial charge in [-0.3, -0.25) is 4.79 Å². The van der Waals surface area contributed by atoms with Crippen LogP contribution in [-0.4, -0.2) is 55.9 Å². The van der Waals surface area contributed by atoms with E-state index in [1.807, 2.05) is 34.6 Å². The van der Waals surface area contributed by atoms with E-state index in [1.165, 1.54) is 0 Å². The molecule has 4 fully saturated rings. The average Bonchev–Trinajstić information content (AvgIpc) is 2.86. The molecular weight excluding hydrogens is 384 g/mol. The van der Waals surface area contributed by atoms with Crippen molar-refractivity contribution in [3.05, 3.63) is 0 Å². The lowest BCUT2D eigenvalue weighted by atomic mass is 9.59. The van der Waals surface area contributed by atoms with E-state index in [-0.39, 0.29) is 42.0 Å². The summed E-state index contributed by atoms with van der Waals surface area (Å²) in [7, 11) is 0. The highest BCUT2D eigenvalue weighted by molar-refractivity contribution is 5.72. The first-order valence-electron chi connectivity index (χ1n) is 11.7. The lowest BCUT2D eigenvalue weighted by molar-refractivity contribution is -0.184. The van der Waals surface area contributed by atoms with E-state index >= 15 is 0 Å². The van der Waals surface area contributed by atoms with Crippen LogP contribution in [0.15, 0.2) is 0 Å². The molecule has 0 aromatic carbocycles. The zero-order valence-corrected chi connectivity index (χ0v) is 19.3. The molecule has 2 bridgehead atoms. The van der Waals surface area contributed by atoms with Gasteiger partial charge >= 0.3 is 5.97 Å². The second-order valence-corrected chi connectivity index (χ2v) is 12.1. The second kappa shape index (κ2) is 6.66. The molecule has 0 radical (unpaired) electrons. The number of aliphatic hydroxyl groups is 4. The average molecular weight is 425 g/mol. The maximum atomic E-state index is 12.6. The van der Waals surface area contributed by atoms with Crippen molar-refractivity contribution in [3.63, 3.8) is 0 Å². The highest BCUT2D eigenvalue weighted by atomic mass is 16.5. The van der Waals surface area contributed by atoms with Crippen LogP contribution in [0.2, 0.25) is 0 Å². The molecule has 0 amide bonds. The Morgan fingerprint density at radius 1 is 1.00 bits per heavy atom. The minimum Gasteiger partial charge on any atom is -0.461 e. The summed E-state index contributed by atoms with van der Waals surface area (Å²) in [6.45, 7) is 11.2. The zero-order chi connectivity index (χ0) is 22.4. The van der Waals surface area contributed by atoms with Crippen LogP contribution in [0.25, 0.3) is 0 Å². The number of hydrogen-bond donors (Lipinski definition) is 4. The normalized spacial score (nSPS) is 54.4. The maximum Gasteiger partial charge on any atom is 0.308 e. The van der Waals surface area contributed by atoms with Crippen molar-refractivity contribution in [1.29, 1.82) is 0 Å². The Bertz CT molecular complexity index is 716.